The predicted molar refractivity (Wildman–Crippen MR) is 56.7 cm³/mol. The van der Waals surface area contributed by atoms with Gasteiger partial charge in [-0.3, -0.25) is 4.98 Å². The lowest BCUT2D eigenvalue weighted by molar-refractivity contribution is 0.581. The van der Waals surface area contributed by atoms with Crippen LogP contribution in [-0.2, 0) is 0 Å². The third-order valence-electron chi connectivity index (χ3n) is 2.35. The van der Waals surface area contributed by atoms with Crippen molar-refractivity contribution in [3.8, 4) is 6.07 Å². The maximum atomic E-state index is 8.72. The molecular formula is C12H16N2. The van der Waals surface area contributed by atoms with Gasteiger partial charge in [0.05, 0.1) is 6.07 Å². The zero-order chi connectivity index (χ0) is 10.2. The summed E-state index contributed by atoms with van der Waals surface area (Å²) in [5, 5.41) is 8.72. The summed E-state index contributed by atoms with van der Waals surface area (Å²) >= 11 is 0. The number of aromatic nitrogens is 1. The molecule has 14 heavy (non-hydrogen) atoms. The van der Waals surface area contributed by atoms with Crippen LogP contribution < -0.4 is 0 Å². The molecule has 1 unspecified atom stereocenters. The Hall–Kier alpha value is -1.36. The molecule has 74 valence electrons. The molecule has 0 amide bonds. The van der Waals surface area contributed by atoms with Gasteiger partial charge in [-0.15, -0.1) is 0 Å². The molecule has 0 fully saturated rings. The van der Waals surface area contributed by atoms with Gasteiger partial charge < -0.3 is 0 Å². The van der Waals surface area contributed by atoms with Crippen LogP contribution in [0.25, 0.3) is 0 Å². The lowest BCUT2D eigenvalue weighted by Gasteiger charge is -2.11. The monoisotopic (exact) mass is 188 g/mol. The summed E-state index contributed by atoms with van der Waals surface area (Å²) < 4.78 is 0. The quantitative estimate of drug-likeness (QED) is 0.711. The minimum absolute atomic E-state index is 0.321. The maximum Gasteiger partial charge on any atom is 0.0628 e. The maximum absolute atomic E-state index is 8.72. The normalized spacial score (nSPS) is 12.0. The molecule has 1 aromatic rings. The molecule has 1 rings (SSSR count). The fourth-order valence-electron chi connectivity index (χ4n) is 1.53. The molecule has 0 N–H and O–H groups in total. The molecule has 1 atom stereocenters. The Bertz CT molecular complexity index is 287. The van der Waals surface area contributed by atoms with Crippen molar-refractivity contribution >= 4 is 0 Å². The van der Waals surface area contributed by atoms with E-state index in [2.05, 4.69) is 18.0 Å². The molecule has 2 heteroatoms. The SMILES string of the molecule is CCCCC(CC#N)c1ccccn1. The van der Waals surface area contributed by atoms with Crippen molar-refractivity contribution in [2.24, 2.45) is 0 Å². The Morgan fingerprint density at radius 1 is 1.50 bits per heavy atom. The van der Waals surface area contributed by atoms with Crippen LogP contribution in [0.2, 0.25) is 0 Å². The number of rotatable bonds is 5. The average Bonchev–Trinajstić information content (AvgIpc) is 2.25. The molecule has 0 spiro atoms. The van der Waals surface area contributed by atoms with Crippen LogP contribution in [0.1, 0.15) is 44.2 Å². The van der Waals surface area contributed by atoms with Crippen LogP contribution in [0, 0.1) is 11.3 Å². The van der Waals surface area contributed by atoms with Gasteiger partial charge in [-0.25, -0.2) is 0 Å². The first-order chi connectivity index (χ1) is 6.88. The number of hydrogen-bond acceptors (Lipinski definition) is 2. The third kappa shape index (κ3) is 3.18. The average molecular weight is 188 g/mol. The number of nitriles is 1. The highest BCUT2D eigenvalue weighted by molar-refractivity contribution is 5.10. The lowest BCUT2D eigenvalue weighted by atomic mass is 9.95. The van der Waals surface area contributed by atoms with Crippen molar-refractivity contribution in [1.82, 2.24) is 4.98 Å². The molecule has 1 aromatic heterocycles. The van der Waals surface area contributed by atoms with E-state index in [-0.39, 0.29) is 0 Å². The predicted octanol–water partition coefficient (Wildman–Crippen LogP) is 3.27. The van der Waals surface area contributed by atoms with Crippen LogP contribution in [0.3, 0.4) is 0 Å². The molecule has 0 aliphatic heterocycles. The summed E-state index contributed by atoms with van der Waals surface area (Å²) in [6.45, 7) is 2.17. The molecule has 0 aromatic carbocycles. The van der Waals surface area contributed by atoms with E-state index in [1.807, 2.05) is 18.2 Å². The Labute approximate surface area is 85.6 Å². The van der Waals surface area contributed by atoms with Crippen molar-refractivity contribution < 1.29 is 0 Å². The lowest BCUT2D eigenvalue weighted by Crippen LogP contribution is -2.00. The molecule has 2 nitrogen and oxygen atoms in total. The standard InChI is InChI=1S/C12H16N2/c1-2-3-6-11(8-9-13)12-7-4-5-10-14-12/h4-5,7,10-11H,2-3,6,8H2,1H3. The van der Waals surface area contributed by atoms with Crippen molar-refractivity contribution in [2.45, 2.75) is 38.5 Å². The molecule has 0 aliphatic rings. The van der Waals surface area contributed by atoms with Gasteiger partial charge in [-0.05, 0) is 18.6 Å². The van der Waals surface area contributed by atoms with Crippen LogP contribution in [0.15, 0.2) is 24.4 Å². The van der Waals surface area contributed by atoms with E-state index in [9.17, 15) is 0 Å². The van der Waals surface area contributed by atoms with Gasteiger partial charge in [0.15, 0.2) is 0 Å². The van der Waals surface area contributed by atoms with Gasteiger partial charge in [0.1, 0.15) is 0 Å². The van der Waals surface area contributed by atoms with Crippen molar-refractivity contribution in [1.29, 1.82) is 5.26 Å². The van der Waals surface area contributed by atoms with Crippen molar-refractivity contribution in [2.75, 3.05) is 0 Å². The van der Waals surface area contributed by atoms with E-state index < -0.39 is 0 Å². The summed E-state index contributed by atoms with van der Waals surface area (Å²) in [5.74, 6) is 0.321. The number of unbranched alkanes of at least 4 members (excludes halogenated alkanes) is 1. The molecule has 0 bridgehead atoms. The van der Waals surface area contributed by atoms with E-state index in [1.54, 1.807) is 6.20 Å². The zero-order valence-corrected chi connectivity index (χ0v) is 8.61. The van der Waals surface area contributed by atoms with Crippen molar-refractivity contribution in [3.05, 3.63) is 30.1 Å². The van der Waals surface area contributed by atoms with Gasteiger partial charge in [0.2, 0.25) is 0 Å². The van der Waals surface area contributed by atoms with Crippen LogP contribution >= 0.6 is 0 Å². The molecule has 0 saturated heterocycles. The van der Waals surface area contributed by atoms with E-state index in [0.717, 1.165) is 12.1 Å². The fraction of sp³-hybridized carbons (Fsp3) is 0.500. The molecule has 0 radical (unpaired) electrons. The van der Waals surface area contributed by atoms with Crippen LogP contribution in [-0.4, -0.2) is 4.98 Å². The summed E-state index contributed by atoms with van der Waals surface area (Å²) in [7, 11) is 0. The summed E-state index contributed by atoms with van der Waals surface area (Å²) in [5.41, 5.74) is 1.06. The first kappa shape index (κ1) is 10.7. The highest BCUT2D eigenvalue weighted by Gasteiger charge is 2.10. The minimum atomic E-state index is 0.321. The van der Waals surface area contributed by atoms with Crippen LogP contribution in [0.5, 0.6) is 0 Å². The topological polar surface area (TPSA) is 36.7 Å². The Kier molecular flexibility index (Phi) is 4.71. The highest BCUT2D eigenvalue weighted by atomic mass is 14.7. The number of pyridine rings is 1. The molecule has 0 aliphatic carbocycles. The molecular weight excluding hydrogens is 172 g/mol. The fourth-order valence-corrected chi connectivity index (χ4v) is 1.53. The minimum Gasteiger partial charge on any atom is -0.261 e. The van der Waals surface area contributed by atoms with E-state index in [0.29, 0.717) is 12.3 Å². The summed E-state index contributed by atoms with van der Waals surface area (Å²) in [6, 6.07) is 8.14. The number of nitrogens with zero attached hydrogens (tertiary/aromatic N) is 2. The van der Waals surface area contributed by atoms with Crippen LogP contribution in [0.4, 0.5) is 0 Å². The Morgan fingerprint density at radius 3 is 2.93 bits per heavy atom. The molecule has 1 heterocycles. The first-order valence-electron chi connectivity index (χ1n) is 5.16. The van der Waals surface area contributed by atoms with E-state index in [1.165, 1.54) is 12.8 Å². The first-order valence-corrected chi connectivity index (χ1v) is 5.16. The van der Waals surface area contributed by atoms with Gasteiger partial charge >= 0.3 is 0 Å². The number of hydrogen-bond donors (Lipinski definition) is 0. The van der Waals surface area contributed by atoms with Crippen molar-refractivity contribution in [3.63, 3.8) is 0 Å². The van der Waals surface area contributed by atoms with E-state index in [4.69, 9.17) is 5.26 Å². The van der Waals surface area contributed by atoms with Gasteiger partial charge in [0, 0.05) is 24.2 Å². The van der Waals surface area contributed by atoms with Gasteiger partial charge in [-0.1, -0.05) is 25.8 Å². The molecule has 0 saturated carbocycles. The second kappa shape index (κ2) is 6.15. The Balaban J connectivity index is 2.63. The Morgan fingerprint density at radius 2 is 2.36 bits per heavy atom. The second-order valence-electron chi connectivity index (χ2n) is 3.46. The second-order valence-corrected chi connectivity index (χ2v) is 3.46. The third-order valence-corrected chi connectivity index (χ3v) is 2.35. The summed E-state index contributed by atoms with van der Waals surface area (Å²) in [4.78, 5) is 4.30. The smallest absolute Gasteiger partial charge is 0.0628 e. The van der Waals surface area contributed by atoms with Gasteiger partial charge in [0.25, 0.3) is 0 Å². The summed E-state index contributed by atoms with van der Waals surface area (Å²) in [6.07, 6.45) is 5.79. The van der Waals surface area contributed by atoms with Gasteiger partial charge in [-0.2, -0.15) is 5.26 Å². The largest absolute Gasteiger partial charge is 0.261 e. The van der Waals surface area contributed by atoms with E-state index >= 15 is 0 Å². The zero-order valence-electron chi connectivity index (χ0n) is 8.61. The highest BCUT2D eigenvalue weighted by Crippen LogP contribution is 2.22.